The molecule has 0 aliphatic carbocycles. The van der Waals surface area contributed by atoms with Gasteiger partial charge in [-0.05, 0) is 30.7 Å². The normalized spacial score (nSPS) is 12.1. The highest BCUT2D eigenvalue weighted by molar-refractivity contribution is 5.67. The molecule has 5 nitrogen and oxygen atoms in total. The summed E-state index contributed by atoms with van der Waals surface area (Å²) in [4.78, 5) is 10.4. The van der Waals surface area contributed by atoms with Gasteiger partial charge in [-0.25, -0.2) is 0 Å². The summed E-state index contributed by atoms with van der Waals surface area (Å²) in [5.74, 6) is -0.0188. The van der Waals surface area contributed by atoms with Gasteiger partial charge in [0.2, 0.25) is 0 Å². The Morgan fingerprint density at radius 1 is 1.44 bits per heavy atom. The zero-order valence-corrected chi connectivity index (χ0v) is 10.6. The van der Waals surface area contributed by atoms with Crippen LogP contribution in [0.25, 0.3) is 0 Å². The van der Waals surface area contributed by atoms with Gasteiger partial charge in [0.1, 0.15) is 5.75 Å². The average molecular weight is 252 g/mol. The molecule has 0 radical (unpaired) electrons. The summed E-state index contributed by atoms with van der Waals surface area (Å²) in [5.41, 5.74) is 6.84. The quantitative estimate of drug-likeness (QED) is 0.591. The summed E-state index contributed by atoms with van der Waals surface area (Å²) in [6.07, 6.45) is 0.874. The second-order valence-electron chi connectivity index (χ2n) is 4.16. The Bertz CT molecular complexity index is 365. The third kappa shape index (κ3) is 5.65. The van der Waals surface area contributed by atoms with E-state index in [1.54, 1.807) is 7.11 Å². The molecule has 0 saturated carbocycles. The largest absolute Gasteiger partial charge is 0.497 e. The minimum absolute atomic E-state index is 0.00443. The molecule has 0 aliphatic heterocycles. The van der Waals surface area contributed by atoms with Gasteiger partial charge in [0.15, 0.2) is 0 Å². The minimum Gasteiger partial charge on any atom is -0.497 e. The third-order valence-electron chi connectivity index (χ3n) is 2.59. The van der Waals surface area contributed by atoms with Crippen molar-refractivity contribution in [2.75, 3.05) is 20.2 Å². The van der Waals surface area contributed by atoms with Crippen molar-refractivity contribution >= 4 is 5.97 Å². The molecular formula is C13H20N2O3. The van der Waals surface area contributed by atoms with Crippen LogP contribution in [0.15, 0.2) is 24.3 Å². The predicted octanol–water partition coefficient (Wildman–Crippen LogP) is 0.629. The molecule has 1 aromatic rings. The monoisotopic (exact) mass is 252 g/mol. The SMILES string of the molecule is COc1ccc(CCNCC(N)CC(=O)O)cc1. The van der Waals surface area contributed by atoms with Crippen LogP contribution in [0.2, 0.25) is 0 Å². The maximum absolute atomic E-state index is 10.4. The first kappa shape index (κ1) is 14.5. The van der Waals surface area contributed by atoms with Gasteiger partial charge >= 0.3 is 5.97 Å². The lowest BCUT2D eigenvalue weighted by Crippen LogP contribution is -2.36. The molecular weight excluding hydrogens is 232 g/mol. The smallest absolute Gasteiger partial charge is 0.304 e. The first-order valence-electron chi connectivity index (χ1n) is 5.93. The summed E-state index contributed by atoms with van der Waals surface area (Å²) in [5, 5.41) is 11.7. The van der Waals surface area contributed by atoms with Crippen LogP contribution >= 0.6 is 0 Å². The summed E-state index contributed by atoms with van der Waals surface area (Å²) >= 11 is 0. The molecule has 1 atom stereocenters. The molecule has 0 heterocycles. The van der Waals surface area contributed by atoms with Crippen molar-refractivity contribution in [3.05, 3.63) is 29.8 Å². The van der Waals surface area contributed by atoms with Crippen molar-refractivity contribution in [1.82, 2.24) is 5.32 Å². The molecule has 0 aliphatic rings. The number of rotatable bonds is 8. The highest BCUT2D eigenvalue weighted by Crippen LogP contribution is 2.11. The number of aliphatic carboxylic acids is 1. The van der Waals surface area contributed by atoms with Crippen molar-refractivity contribution in [2.24, 2.45) is 5.73 Å². The van der Waals surface area contributed by atoms with E-state index in [0.29, 0.717) is 6.54 Å². The van der Waals surface area contributed by atoms with E-state index in [2.05, 4.69) is 5.32 Å². The molecule has 1 unspecified atom stereocenters. The minimum atomic E-state index is -0.862. The number of carboxylic acids is 1. The Morgan fingerprint density at radius 2 is 2.11 bits per heavy atom. The average Bonchev–Trinajstić information content (AvgIpc) is 2.34. The number of carbonyl (C=O) groups is 1. The van der Waals surface area contributed by atoms with Crippen LogP contribution < -0.4 is 15.8 Å². The summed E-state index contributed by atoms with van der Waals surface area (Å²) in [6, 6.07) is 7.53. The Morgan fingerprint density at radius 3 is 2.67 bits per heavy atom. The molecule has 5 heteroatoms. The van der Waals surface area contributed by atoms with Crippen molar-refractivity contribution in [3.8, 4) is 5.75 Å². The van der Waals surface area contributed by atoms with Crippen LogP contribution in [-0.4, -0.2) is 37.3 Å². The van der Waals surface area contributed by atoms with Crippen molar-refractivity contribution in [2.45, 2.75) is 18.9 Å². The molecule has 0 amide bonds. The molecule has 18 heavy (non-hydrogen) atoms. The van der Waals surface area contributed by atoms with Gasteiger partial charge in [0.05, 0.1) is 13.5 Å². The van der Waals surface area contributed by atoms with Crippen LogP contribution in [-0.2, 0) is 11.2 Å². The Balaban J connectivity index is 2.19. The van der Waals surface area contributed by atoms with E-state index < -0.39 is 5.97 Å². The van der Waals surface area contributed by atoms with Gasteiger partial charge in [-0.3, -0.25) is 4.79 Å². The van der Waals surface area contributed by atoms with E-state index in [0.717, 1.165) is 18.7 Å². The van der Waals surface area contributed by atoms with E-state index in [-0.39, 0.29) is 12.5 Å². The fraction of sp³-hybridized carbons (Fsp3) is 0.462. The summed E-state index contributed by atoms with van der Waals surface area (Å²) in [6.45, 7) is 1.29. The van der Waals surface area contributed by atoms with Gasteiger partial charge in [0, 0.05) is 12.6 Å². The standard InChI is InChI=1S/C13H20N2O3/c1-18-12-4-2-10(3-5-12)6-7-15-9-11(14)8-13(16)17/h2-5,11,15H,6-9,14H2,1H3,(H,16,17). The molecule has 4 N–H and O–H groups in total. The lowest BCUT2D eigenvalue weighted by Gasteiger charge is -2.10. The Kier molecular flexibility index (Phi) is 6.18. The fourth-order valence-corrected chi connectivity index (χ4v) is 1.61. The lowest BCUT2D eigenvalue weighted by atomic mass is 10.1. The number of hydrogen-bond acceptors (Lipinski definition) is 4. The van der Waals surface area contributed by atoms with Crippen LogP contribution in [0.3, 0.4) is 0 Å². The second kappa shape index (κ2) is 7.68. The molecule has 0 bridgehead atoms. The molecule has 0 fully saturated rings. The van der Waals surface area contributed by atoms with E-state index in [4.69, 9.17) is 15.6 Å². The number of hydrogen-bond donors (Lipinski definition) is 3. The number of methoxy groups -OCH3 is 1. The van der Waals surface area contributed by atoms with Crippen LogP contribution in [0.1, 0.15) is 12.0 Å². The lowest BCUT2D eigenvalue weighted by molar-refractivity contribution is -0.137. The zero-order valence-electron chi connectivity index (χ0n) is 10.6. The maximum Gasteiger partial charge on any atom is 0.304 e. The van der Waals surface area contributed by atoms with E-state index in [9.17, 15) is 4.79 Å². The van der Waals surface area contributed by atoms with Gasteiger partial charge in [-0.15, -0.1) is 0 Å². The molecule has 0 aromatic heterocycles. The Labute approximate surface area is 107 Å². The number of benzene rings is 1. The van der Waals surface area contributed by atoms with Crippen molar-refractivity contribution in [3.63, 3.8) is 0 Å². The highest BCUT2D eigenvalue weighted by Gasteiger charge is 2.06. The Hall–Kier alpha value is -1.59. The van der Waals surface area contributed by atoms with Crippen LogP contribution in [0.4, 0.5) is 0 Å². The van der Waals surface area contributed by atoms with E-state index in [1.165, 1.54) is 5.56 Å². The van der Waals surface area contributed by atoms with Crippen molar-refractivity contribution < 1.29 is 14.6 Å². The van der Waals surface area contributed by atoms with Crippen LogP contribution in [0.5, 0.6) is 5.75 Å². The maximum atomic E-state index is 10.4. The van der Waals surface area contributed by atoms with Crippen LogP contribution in [0, 0.1) is 0 Å². The number of nitrogens with two attached hydrogens (primary N) is 1. The zero-order chi connectivity index (χ0) is 13.4. The summed E-state index contributed by atoms with van der Waals surface area (Å²) < 4.78 is 5.08. The van der Waals surface area contributed by atoms with Gasteiger partial charge in [-0.1, -0.05) is 12.1 Å². The second-order valence-corrected chi connectivity index (χ2v) is 4.16. The first-order chi connectivity index (χ1) is 8.61. The number of carboxylic acid groups (broad SMARTS) is 1. The molecule has 0 spiro atoms. The summed E-state index contributed by atoms with van der Waals surface area (Å²) in [7, 11) is 1.64. The third-order valence-corrected chi connectivity index (χ3v) is 2.59. The molecule has 1 rings (SSSR count). The first-order valence-corrected chi connectivity index (χ1v) is 5.93. The van der Waals surface area contributed by atoms with Crippen molar-refractivity contribution in [1.29, 1.82) is 0 Å². The fourth-order valence-electron chi connectivity index (χ4n) is 1.61. The highest BCUT2D eigenvalue weighted by atomic mass is 16.5. The topological polar surface area (TPSA) is 84.6 Å². The molecule has 0 saturated heterocycles. The van der Waals surface area contributed by atoms with Gasteiger partial charge in [0.25, 0.3) is 0 Å². The van der Waals surface area contributed by atoms with Gasteiger partial charge in [-0.2, -0.15) is 0 Å². The number of ether oxygens (including phenoxy) is 1. The number of nitrogens with one attached hydrogen (secondary N) is 1. The van der Waals surface area contributed by atoms with E-state index in [1.807, 2.05) is 24.3 Å². The predicted molar refractivity (Wildman–Crippen MR) is 69.8 cm³/mol. The van der Waals surface area contributed by atoms with E-state index >= 15 is 0 Å². The molecule has 1 aromatic carbocycles. The van der Waals surface area contributed by atoms with Gasteiger partial charge < -0.3 is 20.9 Å². The molecule has 100 valence electrons.